The summed E-state index contributed by atoms with van der Waals surface area (Å²) in [5.74, 6) is 0. The van der Waals surface area contributed by atoms with Crippen LogP contribution in [0.25, 0.3) is 0 Å². The zero-order valence-corrected chi connectivity index (χ0v) is 12.3. The molecule has 0 aromatic heterocycles. The molecule has 0 radical (unpaired) electrons. The van der Waals surface area contributed by atoms with Crippen LogP contribution in [-0.2, 0) is 4.74 Å². The summed E-state index contributed by atoms with van der Waals surface area (Å²) in [4.78, 5) is 2.46. The first-order valence-electron chi connectivity index (χ1n) is 7.58. The van der Waals surface area contributed by atoms with E-state index >= 15 is 0 Å². The van der Waals surface area contributed by atoms with E-state index in [9.17, 15) is 0 Å². The lowest BCUT2D eigenvalue weighted by Crippen LogP contribution is -2.24. The maximum Gasteiger partial charge on any atom is 0.0698 e. The minimum absolute atomic E-state index is 0.0907. The monoisotopic (exact) mass is 278 g/mol. The van der Waals surface area contributed by atoms with Crippen molar-refractivity contribution in [3.8, 4) is 0 Å². The van der Waals surface area contributed by atoms with E-state index < -0.39 is 0 Å². The van der Waals surface area contributed by atoms with Gasteiger partial charge in [0, 0.05) is 31.4 Å². The average molecular weight is 278 g/mol. The Morgan fingerprint density at radius 2 is 2.10 bits per heavy atom. The van der Waals surface area contributed by atoms with Gasteiger partial charge >= 0.3 is 0 Å². The molecule has 1 unspecified atom stereocenters. The lowest BCUT2D eigenvalue weighted by molar-refractivity contribution is 0.0928. The predicted molar refractivity (Wildman–Crippen MR) is 82.2 cm³/mol. The molecule has 1 saturated heterocycles. The van der Waals surface area contributed by atoms with Crippen LogP contribution in [0.4, 0.5) is 5.69 Å². The van der Waals surface area contributed by atoms with Crippen molar-refractivity contribution < 1.29 is 9.84 Å². The summed E-state index contributed by atoms with van der Waals surface area (Å²) >= 11 is 0. The standard InChI is InChI=1S/C16H26N2O2/c1-14(17-7-11-20-12-10-19)15-5-4-6-16(13-15)18-8-2-3-9-18/h4-6,13-14,17,19H,2-3,7-12H2,1H3. The Balaban J connectivity index is 1.82. The predicted octanol–water partition coefficient (Wildman–Crippen LogP) is 1.95. The van der Waals surface area contributed by atoms with E-state index in [2.05, 4.69) is 41.4 Å². The van der Waals surface area contributed by atoms with Crippen molar-refractivity contribution in [3.63, 3.8) is 0 Å². The fraction of sp³-hybridized carbons (Fsp3) is 0.625. The second-order valence-electron chi connectivity index (χ2n) is 5.30. The van der Waals surface area contributed by atoms with Crippen molar-refractivity contribution in [2.24, 2.45) is 0 Å². The molecule has 1 heterocycles. The van der Waals surface area contributed by atoms with Crippen molar-refractivity contribution in [1.82, 2.24) is 5.32 Å². The number of benzene rings is 1. The largest absolute Gasteiger partial charge is 0.394 e. The number of aliphatic hydroxyl groups is 1. The van der Waals surface area contributed by atoms with Gasteiger partial charge in [-0.2, -0.15) is 0 Å². The van der Waals surface area contributed by atoms with Crippen LogP contribution in [0.1, 0.15) is 31.4 Å². The number of rotatable bonds is 8. The van der Waals surface area contributed by atoms with Gasteiger partial charge in [0.25, 0.3) is 0 Å². The molecule has 0 spiro atoms. The van der Waals surface area contributed by atoms with Gasteiger partial charge in [0.05, 0.1) is 19.8 Å². The van der Waals surface area contributed by atoms with E-state index in [4.69, 9.17) is 9.84 Å². The Kier molecular flexibility index (Phi) is 6.30. The molecule has 1 aliphatic rings. The van der Waals surface area contributed by atoms with Crippen LogP contribution in [0.2, 0.25) is 0 Å². The molecule has 20 heavy (non-hydrogen) atoms. The highest BCUT2D eigenvalue weighted by atomic mass is 16.5. The molecule has 2 N–H and O–H groups in total. The first kappa shape index (κ1) is 15.3. The van der Waals surface area contributed by atoms with E-state index in [1.54, 1.807) is 0 Å². The summed E-state index contributed by atoms with van der Waals surface area (Å²) in [5.41, 5.74) is 2.65. The Morgan fingerprint density at radius 1 is 1.30 bits per heavy atom. The van der Waals surface area contributed by atoms with Gasteiger partial charge in [-0.1, -0.05) is 12.1 Å². The van der Waals surface area contributed by atoms with Crippen LogP contribution in [0, 0.1) is 0 Å². The third-order valence-electron chi connectivity index (χ3n) is 3.77. The second-order valence-corrected chi connectivity index (χ2v) is 5.30. The number of ether oxygens (including phenoxy) is 1. The smallest absolute Gasteiger partial charge is 0.0698 e. The van der Waals surface area contributed by atoms with Crippen LogP contribution >= 0.6 is 0 Å². The summed E-state index contributed by atoms with van der Waals surface area (Å²) in [6, 6.07) is 9.12. The Labute approximate surface area is 121 Å². The highest BCUT2D eigenvalue weighted by Gasteiger charge is 2.13. The number of nitrogens with zero attached hydrogens (tertiary/aromatic N) is 1. The minimum Gasteiger partial charge on any atom is -0.394 e. The van der Waals surface area contributed by atoms with Crippen LogP contribution in [0.3, 0.4) is 0 Å². The summed E-state index contributed by atoms with van der Waals surface area (Å²) in [5, 5.41) is 12.1. The quantitative estimate of drug-likeness (QED) is 0.713. The van der Waals surface area contributed by atoms with Crippen LogP contribution in [0.15, 0.2) is 24.3 Å². The molecule has 4 heteroatoms. The molecule has 2 rings (SSSR count). The van der Waals surface area contributed by atoms with E-state index in [1.165, 1.54) is 37.2 Å². The zero-order valence-electron chi connectivity index (χ0n) is 12.3. The Bertz CT molecular complexity index is 392. The highest BCUT2D eigenvalue weighted by molar-refractivity contribution is 5.49. The molecule has 0 aliphatic carbocycles. The van der Waals surface area contributed by atoms with Crippen LogP contribution < -0.4 is 10.2 Å². The van der Waals surface area contributed by atoms with Crippen molar-refractivity contribution in [1.29, 1.82) is 0 Å². The molecule has 1 aromatic rings. The molecular formula is C16H26N2O2. The Morgan fingerprint density at radius 3 is 2.85 bits per heavy atom. The molecule has 0 saturated carbocycles. The van der Waals surface area contributed by atoms with Gasteiger partial charge in [0.15, 0.2) is 0 Å². The molecular weight excluding hydrogens is 252 g/mol. The van der Waals surface area contributed by atoms with Gasteiger partial charge in [-0.05, 0) is 37.5 Å². The van der Waals surface area contributed by atoms with Gasteiger partial charge in [-0.25, -0.2) is 0 Å². The molecule has 112 valence electrons. The van der Waals surface area contributed by atoms with Crippen molar-refractivity contribution >= 4 is 5.69 Å². The minimum atomic E-state index is 0.0907. The van der Waals surface area contributed by atoms with Crippen LogP contribution in [-0.4, -0.2) is 44.6 Å². The summed E-state index contributed by atoms with van der Waals surface area (Å²) in [6.45, 7) is 6.48. The lowest BCUT2D eigenvalue weighted by atomic mass is 10.1. The number of hydrogen-bond donors (Lipinski definition) is 2. The zero-order chi connectivity index (χ0) is 14.2. The molecule has 0 bridgehead atoms. The van der Waals surface area contributed by atoms with Gasteiger partial charge < -0.3 is 20.1 Å². The third kappa shape index (κ3) is 4.47. The van der Waals surface area contributed by atoms with E-state index in [1.807, 2.05) is 0 Å². The van der Waals surface area contributed by atoms with Gasteiger partial charge in [0.1, 0.15) is 0 Å². The second kappa shape index (κ2) is 8.25. The fourth-order valence-corrected chi connectivity index (χ4v) is 2.60. The summed E-state index contributed by atoms with van der Waals surface area (Å²) in [6.07, 6.45) is 2.61. The van der Waals surface area contributed by atoms with E-state index in [0.717, 1.165) is 6.54 Å². The van der Waals surface area contributed by atoms with Gasteiger partial charge in [-0.3, -0.25) is 0 Å². The summed E-state index contributed by atoms with van der Waals surface area (Å²) < 4.78 is 5.25. The summed E-state index contributed by atoms with van der Waals surface area (Å²) in [7, 11) is 0. The number of hydrogen-bond acceptors (Lipinski definition) is 4. The molecule has 1 aliphatic heterocycles. The van der Waals surface area contributed by atoms with Crippen LogP contribution in [0.5, 0.6) is 0 Å². The van der Waals surface area contributed by atoms with E-state index in [-0.39, 0.29) is 6.61 Å². The first-order chi connectivity index (χ1) is 9.81. The fourth-order valence-electron chi connectivity index (χ4n) is 2.60. The molecule has 1 atom stereocenters. The lowest BCUT2D eigenvalue weighted by Gasteiger charge is -2.20. The number of nitrogens with one attached hydrogen (secondary N) is 1. The molecule has 4 nitrogen and oxygen atoms in total. The molecule has 0 amide bonds. The molecule has 1 aromatic carbocycles. The molecule has 1 fully saturated rings. The van der Waals surface area contributed by atoms with E-state index in [0.29, 0.717) is 19.3 Å². The maximum absolute atomic E-state index is 8.64. The van der Waals surface area contributed by atoms with Crippen molar-refractivity contribution in [2.45, 2.75) is 25.8 Å². The Hall–Kier alpha value is -1.10. The first-order valence-corrected chi connectivity index (χ1v) is 7.58. The highest BCUT2D eigenvalue weighted by Crippen LogP contribution is 2.23. The maximum atomic E-state index is 8.64. The van der Waals surface area contributed by atoms with Gasteiger partial charge in [-0.15, -0.1) is 0 Å². The topological polar surface area (TPSA) is 44.7 Å². The van der Waals surface area contributed by atoms with Crippen molar-refractivity contribution in [3.05, 3.63) is 29.8 Å². The number of anilines is 1. The van der Waals surface area contributed by atoms with Gasteiger partial charge in [0.2, 0.25) is 0 Å². The third-order valence-corrected chi connectivity index (χ3v) is 3.77. The average Bonchev–Trinajstić information content (AvgIpc) is 3.01. The normalized spacial score (nSPS) is 16.6. The SMILES string of the molecule is CC(NCCOCCO)c1cccc(N2CCCC2)c1. The number of aliphatic hydroxyl groups excluding tert-OH is 1. The van der Waals surface area contributed by atoms with Crippen molar-refractivity contribution in [2.75, 3.05) is 44.4 Å².